The van der Waals surface area contributed by atoms with Gasteiger partial charge in [0.05, 0.1) is 10.7 Å². The van der Waals surface area contributed by atoms with Crippen LogP contribution in [0, 0.1) is 9.49 Å². The lowest BCUT2D eigenvalue weighted by molar-refractivity contribution is -0.135. The average molecular weight is 639 g/mol. The quantitative estimate of drug-likeness (QED) is 0.333. The smallest absolute Gasteiger partial charge is 0.325 e. The Balaban J connectivity index is 1.43. The number of likely N-dealkylation sites (tertiary alicyclic amines) is 1. The Kier molecular flexibility index (Phi) is 8.58. The van der Waals surface area contributed by atoms with E-state index in [9.17, 15) is 19.2 Å². The zero-order valence-corrected chi connectivity index (χ0v) is 23.4. The summed E-state index contributed by atoms with van der Waals surface area (Å²) in [6, 6.07) is 9.20. The first-order chi connectivity index (χ1) is 17.7. The number of nitrogens with zero attached hydrogens (tertiary/aromatic N) is 2. The first-order valence-corrected chi connectivity index (χ1v) is 13.5. The lowest BCUT2D eigenvalue weighted by Gasteiger charge is -2.27. The third-order valence-electron chi connectivity index (χ3n) is 6.37. The minimum atomic E-state index is -1.04. The van der Waals surface area contributed by atoms with Gasteiger partial charge in [-0.25, -0.2) is 9.69 Å². The lowest BCUT2D eigenvalue weighted by atomic mass is 10.0. The highest BCUT2D eigenvalue weighted by Crippen LogP contribution is 2.29. The van der Waals surface area contributed by atoms with E-state index in [1.54, 1.807) is 61.2 Å². The average Bonchev–Trinajstić information content (AvgIpc) is 3.49. The van der Waals surface area contributed by atoms with Crippen molar-refractivity contribution in [3.8, 4) is 5.75 Å². The maximum atomic E-state index is 13.3. The van der Waals surface area contributed by atoms with E-state index < -0.39 is 29.9 Å². The molecular weight excluding hydrogens is 611 g/mol. The molecule has 2 saturated heterocycles. The molecule has 2 heterocycles. The summed E-state index contributed by atoms with van der Waals surface area (Å²) in [4.78, 5) is 54.3. The number of carbonyl (C=O) groups is 4. The molecule has 2 aliphatic heterocycles. The minimum absolute atomic E-state index is 0.0536. The third-order valence-corrected chi connectivity index (χ3v) is 7.36. The Bertz CT molecular complexity index is 1200. The van der Waals surface area contributed by atoms with Gasteiger partial charge in [-0.1, -0.05) is 37.6 Å². The van der Waals surface area contributed by atoms with Crippen molar-refractivity contribution < 1.29 is 23.9 Å². The van der Waals surface area contributed by atoms with E-state index in [1.807, 2.05) is 0 Å². The first kappa shape index (κ1) is 27.2. The molecule has 9 nitrogen and oxygen atoms in total. The van der Waals surface area contributed by atoms with E-state index in [4.69, 9.17) is 16.3 Å². The zero-order valence-electron chi connectivity index (χ0n) is 20.5. The predicted molar refractivity (Wildman–Crippen MR) is 147 cm³/mol. The van der Waals surface area contributed by atoms with Crippen molar-refractivity contribution in [3.05, 3.63) is 56.6 Å². The van der Waals surface area contributed by atoms with Crippen molar-refractivity contribution >= 4 is 63.6 Å². The Hall–Kier alpha value is -2.86. The molecule has 0 bridgehead atoms. The standard InChI is InChI=1S/C26H28ClIN4O5/c1-15(2)23(24(34)29-20-10-7-17(28)13-19(20)27)32-25(35)22(30-26(32)36)16-5-8-18(9-6-16)37-14-21(33)31-11-3-4-12-31/h5-10,13,15,22-23H,3-4,11-12,14H2,1-2H3,(H,29,34)(H,30,36). The second-order valence-electron chi connectivity index (χ2n) is 9.34. The van der Waals surface area contributed by atoms with Crippen molar-refractivity contribution in [3.63, 3.8) is 0 Å². The van der Waals surface area contributed by atoms with Crippen molar-refractivity contribution in [2.45, 2.75) is 38.8 Å². The van der Waals surface area contributed by atoms with Gasteiger partial charge in [0, 0.05) is 16.7 Å². The van der Waals surface area contributed by atoms with Crippen LogP contribution in [0.25, 0.3) is 0 Å². The fraction of sp³-hybridized carbons (Fsp3) is 0.385. The van der Waals surface area contributed by atoms with Crippen LogP contribution in [-0.2, 0) is 14.4 Å². The van der Waals surface area contributed by atoms with Crippen LogP contribution in [0.3, 0.4) is 0 Å². The molecule has 2 aliphatic rings. The number of nitrogens with one attached hydrogen (secondary N) is 2. The van der Waals surface area contributed by atoms with Crippen molar-refractivity contribution in [2.24, 2.45) is 5.92 Å². The maximum absolute atomic E-state index is 13.3. The molecule has 2 N–H and O–H groups in total. The number of ether oxygens (including phenoxy) is 1. The van der Waals surface area contributed by atoms with Crippen LogP contribution in [0.1, 0.15) is 38.3 Å². The van der Waals surface area contributed by atoms with Crippen molar-refractivity contribution in [1.82, 2.24) is 15.1 Å². The number of halogens is 2. The number of urea groups is 1. The van der Waals surface area contributed by atoms with Crippen LogP contribution in [-0.4, -0.2) is 59.3 Å². The highest BCUT2D eigenvalue weighted by Gasteiger charge is 2.46. The number of hydrogen-bond acceptors (Lipinski definition) is 5. The summed E-state index contributed by atoms with van der Waals surface area (Å²) >= 11 is 8.37. The Morgan fingerprint density at radius 2 is 1.81 bits per heavy atom. The molecule has 11 heteroatoms. The molecule has 0 aliphatic carbocycles. The molecule has 5 amide bonds. The van der Waals surface area contributed by atoms with E-state index in [0.29, 0.717) is 22.0 Å². The van der Waals surface area contributed by atoms with Gasteiger partial charge in [0.15, 0.2) is 6.61 Å². The Morgan fingerprint density at radius 1 is 1.14 bits per heavy atom. The third kappa shape index (κ3) is 6.18. The topological polar surface area (TPSA) is 108 Å². The van der Waals surface area contributed by atoms with E-state index >= 15 is 0 Å². The molecule has 0 spiro atoms. The minimum Gasteiger partial charge on any atom is -0.484 e. The number of rotatable bonds is 8. The second-order valence-corrected chi connectivity index (χ2v) is 11.0. The fourth-order valence-electron chi connectivity index (χ4n) is 4.46. The highest BCUT2D eigenvalue weighted by molar-refractivity contribution is 14.1. The molecule has 2 unspecified atom stereocenters. The highest BCUT2D eigenvalue weighted by atomic mass is 127. The normalized spacial score (nSPS) is 18.2. The zero-order chi connectivity index (χ0) is 26.7. The second kappa shape index (κ2) is 11.7. The van der Waals surface area contributed by atoms with E-state index in [0.717, 1.165) is 34.4 Å². The fourth-order valence-corrected chi connectivity index (χ4v) is 5.36. The van der Waals surface area contributed by atoms with Gasteiger partial charge >= 0.3 is 6.03 Å². The number of hydrogen-bond donors (Lipinski definition) is 2. The van der Waals surface area contributed by atoms with E-state index in [1.165, 1.54) is 0 Å². The SMILES string of the molecule is CC(C)C(C(=O)Nc1ccc(I)cc1Cl)N1C(=O)NC(c2ccc(OCC(=O)N3CCCC3)cc2)C1=O. The summed E-state index contributed by atoms with van der Waals surface area (Å²) < 4.78 is 6.51. The molecule has 0 saturated carbocycles. The van der Waals surface area contributed by atoms with Crippen LogP contribution in [0.4, 0.5) is 10.5 Å². The number of carbonyl (C=O) groups excluding carboxylic acids is 4. The molecule has 0 radical (unpaired) electrons. The maximum Gasteiger partial charge on any atom is 0.325 e. The van der Waals surface area contributed by atoms with Gasteiger partial charge in [0.25, 0.3) is 11.8 Å². The molecule has 0 aromatic heterocycles. The lowest BCUT2D eigenvalue weighted by Crippen LogP contribution is -2.50. The number of benzene rings is 2. The first-order valence-electron chi connectivity index (χ1n) is 12.1. The van der Waals surface area contributed by atoms with E-state index in [2.05, 4.69) is 33.2 Å². The van der Waals surface area contributed by atoms with Crippen molar-refractivity contribution in [2.75, 3.05) is 25.0 Å². The monoisotopic (exact) mass is 638 g/mol. The number of anilines is 1. The van der Waals surface area contributed by atoms with Crippen LogP contribution in [0.2, 0.25) is 5.02 Å². The van der Waals surface area contributed by atoms with Gasteiger partial charge in [0.1, 0.15) is 17.8 Å². The Morgan fingerprint density at radius 3 is 2.43 bits per heavy atom. The van der Waals surface area contributed by atoms with Gasteiger partial charge in [-0.2, -0.15) is 0 Å². The number of amides is 5. The molecule has 4 rings (SSSR count). The van der Waals surface area contributed by atoms with Gasteiger partial charge < -0.3 is 20.3 Å². The Labute approximate surface area is 234 Å². The molecule has 2 aromatic carbocycles. The van der Waals surface area contributed by atoms with Crippen LogP contribution in [0.5, 0.6) is 5.75 Å². The summed E-state index contributed by atoms with van der Waals surface area (Å²) in [7, 11) is 0. The van der Waals surface area contributed by atoms with E-state index in [-0.39, 0.29) is 18.4 Å². The van der Waals surface area contributed by atoms with Crippen LogP contribution >= 0.6 is 34.2 Å². The molecule has 196 valence electrons. The van der Waals surface area contributed by atoms with Crippen LogP contribution in [0.15, 0.2) is 42.5 Å². The summed E-state index contributed by atoms with van der Waals surface area (Å²) in [5.74, 6) is -0.946. The molecule has 2 fully saturated rings. The summed E-state index contributed by atoms with van der Waals surface area (Å²) in [5, 5.41) is 5.79. The molecule has 37 heavy (non-hydrogen) atoms. The molecule has 2 aromatic rings. The van der Waals surface area contributed by atoms with Gasteiger partial charge in [-0.15, -0.1) is 0 Å². The largest absolute Gasteiger partial charge is 0.484 e. The van der Waals surface area contributed by atoms with Gasteiger partial charge in [-0.3, -0.25) is 14.4 Å². The summed E-state index contributed by atoms with van der Waals surface area (Å²) in [6.45, 7) is 5.00. The summed E-state index contributed by atoms with van der Waals surface area (Å²) in [5.41, 5.74) is 0.947. The number of imide groups is 1. The summed E-state index contributed by atoms with van der Waals surface area (Å²) in [6.07, 6.45) is 2.02. The van der Waals surface area contributed by atoms with Gasteiger partial charge in [-0.05, 0) is 77.2 Å². The molecular formula is C26H28ClIN4O5. The molecule has 2 atom stereocenters. The van der Waals surface area contributed by atoms with Gasteiger partial charge in [0.2, 0.25) is 5.91 Å². The van der Waals surface area contributed by atoms with Crippen LogP contribution < -0.4 is 15.4 Å². The predicted octanol–water partition coefficient (Wildman–Crippen LogP) is 4.20. The van der Waals surface area contributed by atoms with Crippen molar-refractivity contribution in [1.29, 1.82) is 0 Å².